The quantitative estimate of drug-likeness (QED) is 0.736. The third-order valence-corrected chi connectivity index (χ3v) is 3.66. The highest BCUT2D eigenvalue weighted by Crippen LogP contribution is 2.33. The van der Waals surface area contributed by atoms with Crippen LogP contribution in [0.2, 0.25) is 0 Å². The lowest BCUT2D eigenvalue weighted by atomic mass is 10.1. The van der Waals surface area contributed by atoms with E-state index in [9.17, 15) is 14.0 Å². The number of H-pyrrole nitrogens is 1. The number of carbonyl (C=O) groups is 1. The molecule has 1 unspecified atom stereocenters. The van der Waals surface area contributed by atoms with Gasteiger partial charge in [0.05, 0.1) is 12.4 Å². The van der Waals surface area contributed by atoms with Gasteiger partial charge in [-0.15, -0.1) is 0 Å². The van der Waals surface area contributed by atoms with Crippen LogP contribution in [0.25, 0.3) is 0 Å². The SMILES string of the molecule is O=C(NCC(Nc1cnc(F)cn1)C1CC1)c1cc[nH]c(=O)c1. The predicted octanol–water partition coefficient (Wildman–Crippen LogP) is 0.924. The molecule has 1 atom stereocenters. The van der Waals surface area contributed by atoms with Gasteiger partial charge in [-0.05, 0) is 24.8 Å². The van der Waals surface area contributed by atoms with Gasteiger partial charge in [0.1, 0.15) is 5.82 Å². The first-order valence-corrected chi connectivity index (χ1v) is 7.33. The normalized spacial score (nSPS) is 15.0. The number of nitrogens with one attached hydrogen (secondary N) is 3. The van der Waals surface area contributed by atoms with Crippen LogP contribution in [0.15, 0.2) is 35.5 Å². The fraction of sp³-hybridized carbons (Fsp3) is 0.333. The van der Waals surface area contributed by atoms with Crippen molar-refractivity contribution in [3.8, 4) is 0 Å². The van der Waals surface area contributed by atoms with E-state index in [2.05, 4.69) is 25.6 Å². The van der Waals surface area contributed by atoms with Gasteiger partial charge in [-0.1, -0.05) is 0 Å². The molecule has 23 heavy (non-hydrogen) atoms. The molecule has 0 spiro atoms. The summed E-state index contributed by atoms with van der Waals surface area (Å²) in [7, 11) is 0. The first-order chi connectivity index (χ1) is 11.1. The Hall–Kier alpha value is -2.77. The number of halogens is 1. The number of rotatable bonds is 6. The zero-order valence-corrected chi connectivity index (χ0v) is 12.3. The summed E-state index contributed by atoms with van der Waals surface area (Å²) in [6, 6.07) is 2.78. The molecule has 2 aromatic rings. The van der Waals surface area contributed by atoms with Gasteiger partial charge in [0, 0.05) is 30.4 Å². The molecule has 1 aliphatic carbocycles. The summed E-state index contributed by atoms with van der Waals surface area (Å²) < 4.78 is 12.8. The average Bonchev–Trinajstić information content (AvgIpc) is 3.38. The summed E-state index contributed by atoms with van der Waals surface area (Å²) in [5, 5.41) is 5.97. The third kappa shape index (κ3) is 4.12. The van der Waals surface area contributed by atoms with Crippen LogP contribution >= 0.6 is 0 Å². The maximum Gasteiger partial charge on any atom is 0.251 e. The Morgan fingerprint density at radius 2 is 2.22 bits per heavy atom. The number of hydrogen-bond acceptors (Lipinski definition) is 5. The standard InChI is InChI=1S/C15H16FN5O2/c16-12-7-19-13(8-18-12)21-11(9-1-2-9)6-20-15(23)10-3-4-17-14(22)5-10/h3-5,7-9,11H,1-2,6H2,(H,17,22)(H,19,21)(H,20,23). The zero-order valence-electron chi connectivity index (χ0n) is 12.3. The maximum atomic E-state index is 12.8. The van der Waals surface area contributed by atoms with Crippen molar-refractivity contribution in [2.75, 3.05) is 11.9 Å². The number of hydrogen-bond donors (Lipinski definition) is 3. The van der Waals surface area contributed by atoms with Crippen molar-refractivity contribution >= 4 is 11.7 Å². The van der Waals surface area contributed by atoms with Gasteiger partial charge in [-0.2, -0.15) is 4.39 Å². The van der Waals surface area contributed by atoms with Gasteiger partial charge in [-0.3, -0.25) is 9.59 Å². The van der Waals surface area contributed by atoms with E-state index in [4.69, 9.17) is 0 Å². The molecule has 7 nitrogen and oxygen atoms in total. The minimum atomic E-state index is -0.638. The monoisotopic (exact) mass is 317 g/mol. The maximum absolute atomic E-state index is 12.8. The Kier molecular flexibility index (Phi) is 4.31. The van der Waals surface area contributed by atoms with Crippen LogP contribution in [0.5, 0.6) is 0 Å². The van der Waals surface area contributed by atoms with E-state index in [0.717, 1.165) is 19.0 Å². The van der Waals surface area contributed by atoms with E-state index >= 15 is 0 Å². The molecule has 3 N–H and O–H groups in total. The lowest BCUT2D eigenvalue weighted by Crippen LogP contribution is -2.38. The Labute approximate surface area is 131 Å². The van der Waals surface area contributed by atoms with Crippen molar-refractivity contribution in [1.82, 2.24) is 20.3 Å². The molecule has 1 amide bonds. The van der Waals surface area contributed by atoms with E-state index in [-0.39, 0.29) is 17.5 Å². The summed E-state index contributed by atoms with van der Waals surface area (Å²) in [5.41, 5.74) is -0.0130. The molecule has 3 rings (SSSR count). The van der Waals surface area contributed by atoms with Gasteiger partial charge in [-0.25, -0.2) is 9.97 Å². The molecule has 2 aromatic heterocycles. The highest BCUT2D eigenvalue weighted by molar-refractivity contribution is 5.93. The van der Waals surface area contributed by atoms with Gasteiger partial charge < -0.3 is 15.6 Å². The first-order valence-electron chi connectivity index (χ1n) is 7.33. The first kappa shape index (κ1) is 15.1. The largest absolute Gasteiger partial charge is 0.364 e. The van der Waals surface area contributed by atoms with Crippen LogP contribution in [-0.2, 0) is 0 Å². The van der Waals surface area contributed by atoms with E-state index in [0.29, 0.717) is 23.8 Å². The number of amides is 1. The smallest absolute Gasteiger partial charge is 0.251 e. The molecule has 0 bridgehead atoms. The summed E-state index contributed by atoms with van der Waals surface area (Å²) in [6.07, 6.45) is 5.92. The van der Waals surface area contributed by atoms with E-state index in [1.807, 2.05) is 0 Å². The summed E-state index contributed by atoms with van der Waals surface area (Å²) in [6.45, 7) is 0.384. The van der Waals surface area contributed by atoms with Crippen LogP contribution in [-0.4, -0.2) is 33.4 Å². The second-order valence-electron chi connectivity index (χ2n) is 5.46. The Balaban J connectivity index is 1.60. The number of aromatic nitrogens is 3. The van der Waals surface area contributed by atoms with Crippen LogP contribution in [0.3, 0.4) is 0 Å². The average molecular weight is 317 g/mol. The summed E-state index contributed by atoms with van der Waals surface area (Å²) in [4.78, 5) is 33.2. The van der Waals surface area contributed by atoms with E-state index < -0.39 is 5.95 Å². The molecule has 0 aliphatic heterocycles. The van der Waals surface area contributed by atoms with Crippen molar-refractivity contribution in [3.63, 3.8) is 0 Å². The summed E-state index contributed by atoms with van der Waals surface area (Å²) >= 11 is 0. The lowest BCUT2D eigenvalue weighted by Gasteiger charge is -2.19. The number of nitrogens with zero attached hydrogens (tertiary/aromatic N) is 2. The van der Waals surface area contributed by atoms with E-state index in [1.54, 1.807) is 6.07 Å². The molecule has 1 fully saturated rings. The van der Waals surface area contributed by atoms with Crippen molar-refractivity contribution in [1.29, 1.82) is 0 Å². The highest BCUT2D eigenvalue weighted by Gasteiger charge is 2.31. The molecule has 0 radical (unpaired) electrons. The molecular formula is C15H16FN5O2. The van der Waals surface area contributed by atoms with Gasteiger partial charge in [0.2, 0.25) is 11.5 Å². The van der Waals surface area contributed by atoms with E-state index in [1.165, 1.54) is 18.5 Å². The lowest BCUT2D eigenvalue weighted by molar-refractivity contribution is 0.0951. The van der Waals surface area contributed by atoms with Crippen molar-refractivity contribution < 1.29 is 9.18 Å². The van der Waals surface area contributed by atoms with Crippen molar-refractivity contribution in [2.24, 2.45) is 5.92 Å². The number of anilines is 1. The number of carbonyl (C=O) groups excluding carboxylic acids is 1. The topological polar surface area (TPSA) is 99.8 Å². The second-order valence-corrected chi connectivity index (χ2v) is 5.46. The molecule has 2 heterocycles. The molecule has 1 aliphatic rings. The molecule has 0 aromatic carbocycles. The fourth-order valence-corrected chi connectivity index (χ4v) is 2.30. The molecule has 120 valence electrons. The second kappa shape index (κ2) is 6.55. The minimum Gasteiger partial charge on any atom is -0.364 e. The van der Waals surface area contributed by atoms with Crippen LogP contribution in [0, 0.1) is 11.9 Å². The number of aromatic amines is 1. The van der Waals surface area contributed by atoms with Crippen LogP contribution in [0.4, 0.5) is 10.2 Å². The van der Waals surface area contributed by atoms with Crippen LogP contribution < -0.4 is 16.2 Å². The predicted molar refractivity (Wildman–Crippen MR) is 81.5 cm³/mol. The van der Waals surface area contributed by atoms with Crippen molar-refractivity contribution in [3.05, 3.63) is 52.6 Å². The van der Waals surface area contributed by atoms with Crippen LogP contribution in [0.1, 0.15) is 23.2 Å². The van der Waals surface area contributed by atoms with Gasteiger partial charge >= 0.3 is 0 Å². The molecule has 0 saturated heterocycles. The Morgan fingerprint density at radius 3 is 2.87 bits per heavy atom. The molecule has 8 heteroatoms. The fourth-order valence-electron chi connectivity index (χ4n) is 2.30. The molecule has 1 saturated carbocycles. The van der Waals surface area contributed by atoms with Gasteiger partial charge in [0.25, 0.3) is 5.91 Å². The van der Waals surface area contributed by atoms with Crippen molar-refractivity contribution in [2.45, 2.75) is 18.9 Å². The van der Waals surface area contributed by atoms with Gasteiger partial charge in [0.15, 0.2) is 0 Å². The molecular weight excluding hydrogens is 301 g/mol. The third-order valence-electron chi connectivity index (χ3n) is 3.66. The Bertz CT molecular complexity index is 742. The minimum absolute atomic E-state index is 0.0132. The Morgan fingerprint density at radius 1 is 1.39 bits per heavy atom. The number of pyridine rings is 1. The zero-order chi connectivity index (χ0) is 16.2. The summed E-state index contributed by atoms with van der Waals surface area (Å²) in [5.74, 6) is -0.0510. The highest BCUT2D eigenvalue weighted by atomic mass is 19.1.